The summed E-state index contributed by atoms with van der Waals surface area (Å²) < 4.78 is 0. The van der Waals surface area contributed by atoms with Crippen LogP contribution < -0.4 is 5.32 Å². The van der Waals surface area contributed by atoms with Crippen molar-refractivity contribution in [3.63, 3.8) is 0 Å². The molecule has 0 saturated carbocycles. The van der Waals surface area contributed by atoms with Crippen molar-refractivity contribution < 1.29 is 14.7 Å². The second-order valence-corrected chi connectivity index (χ2v) is 4.02. The van der Waals surface area contributed by atoms with E-state index in [4.69, 9.17) is 5.11 Å². The third-order valence-corrected chi connectivity index (χ3v) is 2.86. The molecule has 0 radical (unpaired) electrons. The molecule has 86 valence electrons. The Kier molecular flexibility index (Phi) is 3.94. The van der Waals surface area contributed by atoms with Crippen molar-refractivity contribution >= 4 is 12.0 Å². The molecule has 0 aromatic carbocycles. The first-order valence-corrected chi connectivity index (χ1v) is 5.32. The molecule has 0 aliphatic carbocycles. The number of carboxylic acid groups (broad SMARTS) is 1. The topological polar surface area (TPSA) is 69.6 Å². The molecule has 5 heteroatoms. The maximum atomic E-state index is 11.6. The van der Waals surface area contributed by atoms with Crippen LogP contribution >= 0.6 is 0 Å². The molecule has 5 nitrogen and oxygen atoms in total. The van der Waals surface area contributed by atoms with Crippen LogP contribution in [0, 0.1) is 5.92 Å². The molecule has 0 aromatic heterocycles. The lowest BCUT2D eigenvalue weighted by molar-refractivity contribution is -0.138. The van der Waals surface area contributed by atoms with E-state index in [2.05, 4.69) is 12.2 Å². The molecule has 2 atom stereocenters. The van der Waals surface area contributed by atoms with Gasteiger partial charge in [0.05, 0.1) is 0 Å². The van der Waals surface area contributed by atoms with Gasteiger partial charge in [-0.3, -0.25) is 4.79 Å². The summed E-state index contributed by atoms with van der Waals surface area (Å²) in [5, 5.41) is 11.1. The number of urea groups is 1. The van der Waals surface area contributed by atoms with E-state index >= 15 is 0 Å². The van der Waals surface area contributed by atoms with Crippen molar-refractivity contribution in [3.8, 4) is 0 Å². The van der Waals surface area contributed by atoms with Crippen LogP contribution in [0.15, 0.2) is 0 Å². The van der Waals surface area contributed by atoms with Crippen molar-refractivity contribution in [2.24, 2.45) is 5.92 Å². The largest absolute Gasteiger partial charge is 0.480 e. The van der Waals surface area contributed by atoms with E-state index in [0.29, 0.717) is 5.92 Å². The molecule has 1 aliphatic rings. The fourth-order valence-corrected chi connectivity index (χ4v) is 1.69. The third kappa shape index (κ3) is 3.11. The fourth-order valence-electron chi connectivity index (χ4n) is 1.69. The number of carbonyl (C=O) groups is 2. The van der Waals surface area contributed by atoms with E-state index in [0.717, 1.165) is 25.9 Å². The lowest BCUT2D eigenvalue weighted by Gasteiger charge is -2.18. The van der Waals surface area contributed by atoms with E-state index in [-0.39, 0.29) is 6.03 Å². The molecule has 1 rings (SSSR count). The zero-order valence-electron chi connectivity index (χ0n) is 9.19. The summed E-state index contributed by atoms with van der Waals surface area (Å²) in [6.45, 7) is 5.05. The summed E-state index contributed by atoms with van der Waals surface area (Å²) in [7, 11) is 0. The van der Waals surface area contributed by atoms with Crippen LogP contribution in [-0.4, -0.2) is 41.1 Å². The van der Waals surface area contributed by atoms with Gasteiger partial charge in [-0.2, -0.15) is 0 Å². The molecule has 15 heavy (non-hydrogen) atoms. The smallest absolute Gasteiger partial charge is 0.325 e. The van der Waals surface area contributed by atoms with Crippen molar-refractivity contribution in [2.75, 3.05) is 13.1 Å². The third-order valence-electron chi connectivity index (χ3n) is 2.86. The number of aliphatic carboxylic acids is 1. The molecule has 1 fully saturated rings. The molecule has 1 aliphatic heterocycles. The van der Waals surface area contributed by atoms with Crippen LogP contribution in [0.4, 0.5) is 4.79 Å². The van der Waals surface area contributed by atoms with Crippen molar-refractivity contribution in [3.05, 3.63) is 0 Å². The van der Waals surface area contributed by atoms with Gasteiger partial charge in [-0.1, -0.05) is 13.3 Å². The van der Waals surface area contributed by atoms with Crippen LogP contribution in [0.25, 0.3) is 0 Å². The number of nitrogens with one attached hydrogen (secondary N) is 1. The quantitative estimate of drug-likeness (QED) is 0.733. The van der Waals surface area contributed by atoms with Gasteiger partial charge in [-0.25, -0.2) is 4.79 Å². The van der Waals surface area contributed by atoms with Crippen molar-refractivity contribution in [1.29, 1.82) is 0 Å². The summed E-state index contributed by atoms with van der Waals surface area (Å²) in [6, 6.07) is -1.08. The highest BCUT2D eigenvalue weighted by molar-refractivity contribution is 5.82. The number of likely N-dealkylation sites (tertiary alicyclic amines) is 1. The zero-order chi connectivity index (χ0) is 11.4. The summed E-state index contributed by atoms with van der Waals surface area (Å²) in [6.07, 6.45) is 2.09. The van der Waals surface area contributed by atoms with Gasteiger partial charge in [-0.05, 0) is 19.3 Å². The van der Waals surface area contributed by atoms with Gasteiger partial charge in [-0.15, -0.1) is 0 Å². The van der Waals surface area contributed by atoms with Gasteiger partial charge < -0.3 is 15.3 Å². The van der Waals surface area contributed by atoms with E-state index in [1.54, 1.807) is 4.90 Å². The van der Waals surface area contributed by atoms with E-state index < -0.39 is 12.0 Å². The molecule has 1 unspecified atom stereocenters. The summed E-state index contributed by atoms with van der Waals surface area (Å²) in [4.78, 5) is 23.8. The Bertz CT molecular complexity index is 255. The number of amides is 2. The van der Waals surface area contributed by atoms with Gasteiger partial charge in [0.2, 0.25) is 0 Å². The SMILES string of the molecule is CCC1CCN(C(=O)N[C@H](C)C(=O)O)C1. The Hall–Kier alpha value is -1.26. The van der Waals surface area contributed by atoms with Crippen LogP contribution in [0.5, 0.6) is 0 Å². The van der Waals surface area contributed by atoms with Crippen molar-refractivity contribution in [2.45, 2.75) is 32.7 Å². The van der Waals surface area contributed by atoms with E-state index in [1.165, 1.54) is 6.92 Å². The first kappa shape index (κ1) is 11.8. The zero-order valence-corrected chi connectivity index (χ0v) is 9.19. The fraction of sp³-hybridized carbons (Fsp3) is 0.800. The first-order valence-electron chi connectivity index (χ1n) is 5.32. The Morgan fingerprint density at radius 3 is 2.73 bits per heavy atom. The van der Waals surface area contributed by atoms with Crippen LogP contribution in [-0.2, 0) is 4.79 Å². The van der Waals surface area contributed by atoms with Crippen molar-refractivity contribution in [1.82, 2.24) is 10.2 Å². The first-order chi connectivity index (χ1) is 7.04. The van der Waals surface area contributed by atoms with Gasteiger partial charge in [0.15, 0.2) is 0 Å². The second-order valence-electron chi connectivity index (χ2n) is 4.02. The number of rotatable bonds is 3. The molecule has 1 heterocycles. The number of hydrogen-bond donors (Lipinski definition) is 2. The molecular weight excluding hydrogens is 196 g/mol. The minimum Gasteiger partial charge on any atom is -0.480 e. The predicted molar refractivity (Wildman–Crippen MR) is 55.6 cm³/mol. The molecule has 2 N–H and O–H groups in total. The minimum absolute atomic E-state index is 0.263. The van der Waals surface area contributed by atoms with Gasteiger partial charge in [0.1, 0.15) is 6.04 Å². The summed E-state index contributed by atoms with van der Waals surface area (Å²) in [5.74, 6) is -0.439. The molecule has 1 saturated heterocycles. The molecule has 2 amide bonds. The summed E-state index contributed by atoms with van der Waals surface area (Å²) >= 11 is 0. The minimum atomic E-state index is -1.01. The molecular formula is C10H18N2O3. The Morgan fingerprint density at radius 2 is 2.27 bits per heavy atom. The average molecular weight is 214 g/mol. The standard InChI is InChI=1S/C10H18N2O3/c1-3-8-4-5-12(6-8)10(15)11-7(2)9(13)14/h7-8H,3-6H2,1-2H3,(H,11,15)(H,13,14)/t7-,8?/m1/s1. The predicted octanol–water partition coefficient (Wildman–Crippen LogP) is 0.901. The van der Waals surface area contributed by atoms with E-state index in [1.807, 2.05) is 0 Å². The maximum Gasteiger partial charge on any atom is 0.325 e. The van der Waals surface area contributed by atoms with Crippen LogP contribution in [0.1, 0.15) is 26.7 Å². The number of carbonyl (C=O) groups excluding carboxylic acids is 1. The second kappa shape index (κ2) is 5.00. The Balaban J connectivity index is 2.38. The highest BCUT2D eigenvalue weighted by Gasteiger charge is 2.26. The van der Waals surface area contributed by atoms with Gasteiger partial charge in [0.25, 0.3) is 0 Å². The van der Waals surface area contributed by atoms with Crippen LogP contribution in [0.3, 0.4) is 0 Å². The molecule has 0 spiro atoms. The Morgan fingerprint density at radius 1 is 1.60 bits per heavy atom. The average Bonchev–Trinajstić information content (AvgIpc) is 2.65. The van der Waals surface area contributed by atoms with E-state index in [9.17, 15) is 9.59 Å². The summed E-state index contributed by atoms with van der Waals surface area (Å²) in [5.41, 5.74) is 0. The normalized spacial score (nSPS) is 22.5. The van der Waals surface area contributed by atoms with Gasteiger partial charge in [0, 0.05) is 13.1 Å². The van der Waals surface area contributed by atoms with Crippen LogP contribution in [0.2, 0.25) is 0 Å². The Labute approximate surface area is 89.4 Å². The van der Waals surface area contributed by atoms with Gasteiger partial charge >= 0.3 is 12.0 Å². The lowest BCUT2D eigenvalue weighted by Crippen LogP contribution is -2.45. The number of nitrogens with zero attached hydrogens (tertiary/aromatic N) is 1. The number of hydrogen-bond acceptors (Lipinski definition) is 2. The molecule has 0 aromatic rings. The highest BCUT2D eigenvalue weighted by atomic mass is 16.4. The molecule has 0 bridgehead atoms. The monoisotopic (exact) mass is 214 g/mol. The highest BCUT2D eigenvalue weighted by Crippen LogP contribution is 2.18. The maximum absolute atomic E-state index is 11.6. The number of carboxylic acids is 1. The lowest BCUT2D eigenvalue weighted by atomic mass is 10.1.